The van der Waals surface area contributed by atoms with Crippen molar-refractivity contribution in [3.63, 3.8) is 0 Å². The molecule has 0 amide bonds. The van der Waals surface area contributed by atoms with Gasteiger partial charge < -0.3 is 0 Å². The third kappa shape index (κ3) is 5.17. The van der Waals surface area contributed by atoms with Gasteiger partial charge in [-0.05, 0) is 66.8 Å². The van der Waals surface area contributed by atoms with Gasteiger partial charge in [-0.15, -0.1) is 0 Å². The maximum Gasteiger partial charge on any atom is 0.144 e. The molecule has 1 unspecified atom stereocenters. The number of carbonyl (C=O) groups excluding carboxylic acids is 1. The SMILES string of the molecule is CCCCCCCCCCCCC/C=C/C[S+]1[C@H]2CC[C@H](C2)[C@H]1[C@]12CC[C@H](CC1=O)C2(C)C. The van der Waals surface area contributed by atoms with E-state index in [1.54, 1.807) is 0 Å². The van der Waals surface area contributed by atoms with E-state index in [1.807, 2.05) is 0 Å². The maximum absolute atomic E-state index is 13.4. The van der Waals surface area contributed by atoms with Gasteiger partial charge in [-0.3, -0.25) is 4.79 Å². The first-order valence-electron chi connectivity index (χ1n) is 14.9. The van der Waals surface area contributed by atoms with Crippen LogP contribution >= 0.6 is 0 Å². The van der Waals surface area contributed by atoms with E-state index in [2.05, 4.69) is 32.9 Å². The van der Waals surface area contributed by atoms with Crippen molar-refractivity contribution in [3.05, 3.63) is 12.2 Å². The highest BCUT2D eigenvalue weighted by Gasteiger charge is 2.75. The smallest absolute Gasteiger partial charge is 0.144 e. The van der Waals surface area contributed by atoms with Crippen LogP contribution in [0.3, 0.4) is 0 Å². The molecular weight excluding hydrogens is 420 g/mol. The van der Waals surface area contributed by atoms with Crippen molar-refractivity contribution in [1.82, 2.24) is 0 Å². The molecule has 0 spiro atoms. The number of hydrogen-bond acceptors (Lipinski definition) is 1. The predicted molar refractivity (Wildman–Crippen MR) is 146 cm³/mol. The Bertz CT molecular complexity index is 666. The van der Waals surface area contributed by atoms with Gasteiger partial charge in [0.05, 0.1) is 5.41 Å². The van der Waals surface area contributed by atoms with Crippen molar-refractivity contribution < 1.29 is 4.79 Å². The van der Waals surface area contributed by atoms with Crippen LogP contribution in [0.4, 0.5) is 0 Å². The molecule has 2 heteroatoms. The molecule has 4 rings (SSSR count). The molecule has 0 N–H and O–H groups in total. The van der Waals surface area contributed by atoms with Crippen molar-refractivity contribution in [3.8, 4) is 0 Å². The van der Waals surface area contributed by atoms with E-state index in [0.29, 0.717) is 22.6 Å². The molecule has 188 valence electrons. The van der Waals surface area contributed by atoms with Crippen LogP contribution in [0.2, 0.25) is 0 Å². The zero-order valence-electron chi connectivity index (χ0n) is 22.2. The summed E-state index contributed by atoms with van der Waals surface area (Å²) in [4.78, 5) is 13.4. The lowest BCUT2D eigenvalue weighted by molar-refractivity contribution is -0.130. The van der Waals surface area contributed by atoms with Gasteiger partial charge in [0.15, 0.2) is 0 Å². The van der Waals surface area contributed by atoms with Crippen molar-refractivity contribution in [1.29, 1.82) is 0 Å². The summed E-state index contributed by atoms with van der Waals surface area (Å²) < 4.78 is 0. The lowest BCUT2D eigenvalue weighted by Crippen LogP contribution is -2.53. The Balaban J connectivity index is 1.16. The van der Waals surface area contributed by atoms with Crippen LogP contribution in [0.1, 0.15) is 136 Å². The number of carbonyl (C=O) groups is 1. The fourth-order valence-corrected chi connectivity index (χ4v) is 12.5. The molecule has 1 heterocycles. The summed E-state index contributed by atoms with van der Waals surface area (Å²) in [7, 11) is 0.453. The standard InChI is InChI=1S/C31H53OS/c1-4-5-6-7-8-9-10-11-12-13-14-15-16-17-22-33-27-19-18-25(23-27)29(33)31-21-20-26(24-28(31)32)30(31,2)3/h16-17,25-27,29H,4-15,18-24H2,1-3H3/q+1/b17-16+/t25-,26-,27+,29+,31+,33?/m1/s1. The Morgan fingerprint density at radius 1 is 0.879 bits per heavy atom. The molecular formula is C31H53OS+. The van der Waals surface area contributed by atoms with Crippen LogP contribution in [0.5, 0.6) is 0 Å². The van der Waals surface area contributed by atoms with Crippen LogP contribution in [-0.2, 0) is 15.7 Å². The van der Waals surface area contributed by atoms with Crippen LogP contribution in [0.25, 0.3) is 0 Å². The number of Topliss-reactive ketones (excluding diaryl/α,β-unsaturated/α-hetero) is 1. The lowest BCUT2D eigenvalue weighted by atomic mass is 9.64. The van der Waals surface area contributed by atoms with E-state index in [4.69, 9.17) is 0 Å². The van der Waals surface area contributed by atoms with Crippen molar-refractivity contribution in [2.24, 2.45) is 22.7 Å². The van der Waals surface area contributed by atoms with Crippen LogP contribution in [0.15, 0.2) is 12.2 Å². The van der Waals surface area contributed by atoms with Gasteiger partial charge in [-0.2, -0.15) is 0 Å². The van der Waals surface area contributed by atoms with E-state index in [1.165, 1.54) is 115 Å². The number of allylic oxidation sites excluding steroid dienone is 1. The van der Waals surface area contributed by atoms with Gasteiger partial charge in [0.25, 0.3) is 0 Å². The second kappa shape index (κ2) is 11.7. The number of unbranched alkanes of at least 4 members (excludes halogenated alkanes) is 11. The molecule has 0 aromatic rings. The van der Waals surface area contributed by atoms with E-state index in [-0.39, 0.29) is 10.8 Å². The molecule has 0 aromatic heterocycles. The van der Waals surface area contributed by atoms with Crippen LogP contribution in [0, 0.1) is 22.7 Å². The van der Waals surface area contributed by atoms with Crippen molar-refractivity contribution in [2.75, 3.05) is 5.75 Å². The minimum atomic E-state index is 0.0461. The highest BCUT2D eigenvalue weighted by Crippen LogP contribution is 2.70. The van der Waals surface area contributed by atoms with Gasteiger partial charge >= 0.3 is 0 Å². The minimum absolute atomic E-state index is 0.0461. The maximum atomic E-state index is 13.4. The Kier molecular flexibility index (Phi) is 9.13. The molecule has 0 radical (unpaired) electrons. The summed E-state index contributed by atoms with van der Waals surface area (Å²) in [6.07, 6.45) is 29.7. The number of hydrogen-bond donors (Lipinski definition) is 0. The average molecular weight is 474 g/mol. The van der Waals surface area contributed by atoms with Gasteiger partial charge in [0.2, 0.25) is 0 Å². The topological polar surface area (TPSA) is 17.1 Å². The molecule has 1 saturated heterocycles. The first-order chi connectivity index (χ1) is 16.0. The summed E-state index contributed by atoms with van der Waals surface area (Å²) in [6.45, 7) is 7.23. The van der Waals surface area contributed by atoms with Gasteiger partial charge in [0, 0.05) is 18.8 Å². The number of ketones is 1. The Morgan fingerprint density at radius 2 is 1.55 bits per heavy atom. The first kappa shape index (κ1) is 25.8. The summed E-state index contributed by atoms with van der Waals surface area (Å²) >= 11 is 0. The Hall–Kier alpha value is -0.240. The largest absolute Gasteiger partial charge is 0.299 e. The van der Waals surface area contributed by atoms with Crippen LogP contribution < -0.4 is 0 Å². The van der Waals surface area contributed by atoms with E-state index in [9.17, 15) is 4.79 Å². The highest BCUT2D eigenvalue weighted by molar-refractivity contribution is 7.98. The normalized spacial score (nSPS) is 36.6. The van der Waals surface area contributed by atoms with Gasteiger partial charge in [0.1, 0.15) is 22.0 Å². The second-order valence-electron chi connectivity index (χ2n) is 12.6. The number of rotatable bonds is 15. The minimum Gasteiger partial charge on any atom is -0.299 e. The Labute approximate surface area is 208 Å². The molecule has 4 fully saturated rings. The zero-order valence-corrected chi connectivity index (χ0v) is 23.0. The molecule has 1 nitrogen and oxygen atoms in total. The molecule has 4 bridgehead atoms. The second-order valence-corrected chi connectivity index (χ2v) is 15.1. The Morgan fingerprint density at radius 3 is 2.15 bits per heavy atom. The molecule has 3 saturated carbocycles. The average Bonchev–Trinajstić information content (AvgIpc) is 3.51. The summed E-state index contributed by atoms with van der Waals surface area (Å²) in [6, 6.07) is 0. The monoisotopic (exact) mass is 473 g/mol. The molecule has 0 aromatic carbocycles. The van der Waals surface area contributed by atoms with Crippen molar-refractivity contribution in [2.45, 2.75) is 147 Å². The van der Waals surface area contributed by atoms with E-state index >= 15 is 0 Å². The number of fused-ring (bicyclic) bond motifs is 4. The lowest BCUT2D eigenvalue weighted by Gasteiger charge is -2.43. The molecule has 6 atom stereocenters. The summed E-state index contributed by atoms with van der Waals surface area (Å²) in [5, 5.41) is 1.65. The zero-order chi connectivity index (χ0) is 23.3. The van der Waals surface area contributed by atoms with Crippen LogP contribution in [-0.4, -0.2) is 22.0 Å². The fraction of sp³-hybridized carbons (Fsp3) is 0.903. The third-order valence-corrected chi connectivity index (χ3v) is 13.8. The summed E-state index contributed by atoms with van der Waals surface area (Å²) in [5.41, 5.74) is 0.300. The molecule has 33 heavy (non-hydrogen) atoms. The quantitative estimate of drug-likeness (QED) is 0.132. The third-order valence-electron chi connectivity index (χ3n) is 10.5. The van der Waals surface area contributed by atoms with Crippen molar-refractivity contribution >= 4 is 16.7 Å². The molecule has 1 aliphatic heterocycles. The first-order valence-corrected chi connectivity index (χ1v) is 16.4. The highest BCUT2D eigenvalue weighted by atomic mass is 32.2. The predicted octanol–water partition coefficient (Wildman–Crippen LogP) is 8.81. The molecule has 3 aliphatic carbocycles. The summed E-state index contributed by atoms with van der Waals surface area (Å²) in [5.74, 6) is 3.48. The van der Waals surface area contributed by atoms with E-state index < -0.39 is 0 Å². The molecule has 4 aliphatic rings. The van der Waals surface area contributed by atoms with Gasteiger partial charge in [-0.1, -0.05) is 91.1 Å². The van der Waals surface area contributed by atoms with Gasteiger partial charge in [-0.25, -0.2) is 0 Å². The van der Waals surface area contributed by atoms with E-state index in [0.717, 1.165) is 22.8 Å². The fourth-order valence-electron chi connectivity index (χ4n) is 8.48.